The third kappa shape index (κ3) is 1.41. The lowest BCUT2D eigenvalue weighted by molar-refractivity contribution is 0.577. The minimum Gasteiger partial charge on any atom is -0.256 e. The molecule has 0 unspecified atom stereocenters. The van der Waals surface area contributed by atoms with E-state index in [1.807, 2.05) is 0 Å². The van der Waals surface area contributed by atoms with E-state index in [-0.39, 0.29) is 5.03 Å². The van der Waals surface area contributed by atoms with Crippen LogP contribution in [-0.4, -0.2) is 18.2 Å². The van der Waals surface area contributed by atoms with E-state index in [9.17, 15) is 8.42 Å². The van der Waals surface area contributed by atoms with Gasteiger partial charge in [0.1, 0.15) is 0 Å². The van der Waals surface area contributed by atoms with Crippen molar-refractivity contribution in [2.45, 2.75) is 11.9 Å². The average molecular weight is 175 g/mol. The quantitative estimate of drug-likeness (QED) is 0.617. The first-order valence-corrected chi connectivity index (χ1v) is 4.49. The van der Waals surface area contributed by atoms with Gasteiger partial charge in [-0.15, -0.1) is 0 Å². The van der Waals surface area contributed by atoms with Crippen LogP contribution in [0.4, 0.5) is 0 Å². The second-order valence-electron chi connectivity index (χ2n) is 2.30. The fraction of sp³-hybridized carbons (Fsp3) is 0.400. The van der Waals surface area contributed by atoms with Crippen molar-refractivity contribution in [1.82, 2.24) is 9.78 Å². The van der Waals surface area contributed by atoms with Gasteiger partial charge in [0.2, 0.25) is 0 Å². The molecule has 1 rings (SSSR count). The van der Waals surface area contributed by atoms with Gasteiger partial charge in [-0.25, -0.2) is 13.6 Å². The summed E-state index contributed by atoms with van der Waals surface area (Å²) in [4.78, 5) is 0. The number of primary sulfonamides is 1. The summed E-state index contributed by atoms with van der Waals surface area (Å²) in [6.45, 7) is 1.65. The molecule has 0 radical (unpaired) electrons. The fourth-order valence-electron chi connectivity index (χ4n) is 0.945. The molecule has 0 fully saturated rings. The predicted molar refractivity (Wildman–Crippen MR) is 39.3 cm³/mol. The van der Waals surface area contributed by atoms with Crippen LogP contribution in [0.5, 0.6) is 0 Å². The van der Waals surface area contributed by atoms with Crippen molar-refractivity contribution in [3.63, 3.8) is 0 Å². The van der Waals surface area contributed by atoms with Crippen molar-refractivity contribution in [3.8, 4) is 0 Å². The third-order valence-electron chi connectivity index (χ3n) is 1.33. The first-order valence-electron chi connectivity index (χ1n) is 2.94. The standard InChI is InChI=1S/C5H9N3O2S/c1-4-3-7-8(2)5(4)11(6,9)10/h3H,1-2H3,(H2,6,9,10). The van der Waals surface area contributed by atoms with Crippen LogP contribution in [0.1, 0.15) is 5.56 Å². The molecule has 5 nitrogen and oxygen atoms in total. The zero-order valence-electron chi connectivity index (χ0n) is 6.27. The monoisotopic (exact) mass is 175 g/mol. The van der Waals surface area contributed by atoms with Crippen LogP contribution in [0.2, 0.25) is 0 Å². The Kier molecular flexibility index (Phi) is 1.73. The van der Waals surface area contributed by atoms with Crippen molar-refractivity contribution in [2.24, 2.45) is 12.2 Å². The Morgan fingerprint density at radius 1 is 1.64 bits per heavy atom. The number of rotatable bonds is 1. The minimum atomic E-state index is -3.62. The zero-order valence-corrected chi connectivity index (χ0v) is 7.09. The van der Waals surface area contributed by atoms with Crippen molar-refractivity contribution >= 4 is 10.0 Å². The Morgan fingerprint density at radius 3 is 2.36 bits per heavy atom. The Labute approximate surface area is 64.9 Å². The van der Waals surface area contributed by atoms with Crippen molar-refractivity contribution < 1.29 is 8.42 Å². The van der Waals surface area contributed by atoms with Gasteiger partial charge in [-0.1, -0.05) is 0 Å². The Morgan fingerprint density at radius 2 is 2.18 bits per heavy atom. The van der Waals surface area contributed by atoms with Gasteiger partial charge in [0.15, 0.2) is 5.03 Å². The van der Waals surface area contributed by atoms with Gasteiger partial charge in [-0.2, -0.15) is 5.10 Å². The Hall–Kier alpha value is -0.880. The molecule has 0 atom stereocenters. The van der Waals surface area contributed by atoms with Gasteiger partial charge in [0.25, 0.3) is 10.0 Å². The highest BCUT2D eigenvalue weighted by molar-refractivity contribution is 7.89. The number of hydrogen-bond acceptors (Lipinski definition) is 3. The summed E-state index contributed by atoms with van der Waals surface area (Å²) in [5.41, 5.74) is 0.565. The van der Waals surface area contributed by atoms with Gasteiger partial charge < -0.3 is 0 Å². The highest BCUT2D eigenvalue weighted by atomic mass is 32.2. The second kappa shape index (κ2) is 2.31. The molecule has 1 aromatic heterocycles. The van der Waals surface area contributed by atoms with Crippen LogP contribution < -0.4 is 5.14 Å². The van der Waals surface area contributed by atoms with Crippen LogP contribution in [0.25, 0.3) is 0 Å². The van der Waals surface area contributed by atoms with Crippen LogP contribution in [0, 0.1) is 6.92 Å². The van der Waals surface area contributed by atoms with Crippen LogP contribution in [-0.2, 0) is 17.1 Å². The summed E-state index contributed by atoms with van der Waals surface area (Å²) >= 11 is 0. The molecule has 0 saturated heterocycles. The van der Waals surface area contributed by atoms with E-state index in [2.05, 4.69) is 5.10 Å². The van der Waals surface area contributed by atoms with E-state index in [0.717, 1.165) is 0 Å². The maximum absolute atomic E-state index is 10.9. The molecular formula is C5H9N3O2S. The topological polar surface area (TPSA) is 78.0 Å². The van der Waals surface area contributed by atoms with E-state index < -0.39 is 10.0 Å². The first-order chi connectivity index (χ1) is 4.93. The molecule has 0 aromatic carbocycles. The molecule has 0 aliphatic heterocycles. The van der Waals surface area contributed by atoms with E-state index in [1.165, 1.54) is 17.9 Å². The number of aryl methyl sites for hydroxylation is 2. The Balaban J connectivity index is 3.45. The average Bonchev–Trinajstić information content (AvgIpc) is 2.08. The lowest BCUT2D eigenvalue weighted by Gasteiger charge is -1.98. The third-order valence-corrected chi connectivity index (χ3v) is 2.45. The number of aromatic nitrogens is 2. The largest absolute Gasteiger partial charge is 0.256 e. The molecule has 0 aliphatic rings. The van der Waals surface area contributed by atoms with Crippen LogP contribution >= 0.6 is 0 Å². The molecule has 6 heteroatoms. The number of hydrogen-bond donors (Lipinski definition) is 1. The van der Waals surface area contributed by atoms with E-state index in [4.69, 9.17) is 5.14 Å². The molecule has 0 aliphatic carbocycles. The van der Waals surface area contributed by atoms with E-state index >= 15 is 0 Å². The molecular weight excluding hydrogens is 166 g/mol. The van der Waals surface area contributed by atoms with Gasteiger partial charge >= 0.3 is 0 Å². The molecule has 1 aromatic rings. The van der Waals surface area contributed by atoms with Crippen molar-refractivity contribution in [3.05, 3.63) is 11.8 Å². The van der Waals surface area contributed by atoms with Crippen LogP contribution in [0.3, 0.4) is 0 Å². The Bertz CT molecular complexity index is 346. The van der Waals surface area contributed by atoms with E-state index in [0.29, 0.717) is 5.56 Å². The molecule has 11 heavy (non-hydrogen) atoms. The van der Waals surface area contributed by atoms with Gasteiger partial charge in [-0.3, -0.25) is 4.68 Å². The molecule has 2 N–H and O–H groups in total. The fourth-order valence-corrected chi connectivity index (χ4v) is 1.86. The molecule has 0 bridgehead atoms. The molecule has 0 spiro atoms. The summed E-state index contributed by atoms with van der Waals surface area (Å²) in [6, 6.07) is 0. The summed E-state index contributed by atoms with van der Waals surface area (Å²) in [5, 5.41) is 8.72. The molecule has 0 amide bonds. The molecule has 0 saturated carbocycles. The first kappa shape index (κ1) is 8.22. The summed E-state index contributed by atoms with van der Waals surface area (Å²) in [7, 11) is -2.09. The van der Waals surface area contributed by atoms with Gasteiger partial charge in [0, 0.05) is 12.6 Å². The van der Waals surface area contributed by atoms with Gasteiger partial charge in [-0.05, 0) is 6.92 Å². The number of nitrogens with two attached hydrogens (primary N) is 1. The van der Waals surface area contributed by atoms with Crippen molar-refractivity contribution in [2.75, 3.05) is 0 Å². The lowest BCUT2D eigenvalue weighted by Crippen LogP contribution is -2.17. The summed E-state index contributed by atoms with van der Waals surface area (Å²) < 4.78 is 22.9. The summed E-state index contributed by atoms with van der Waals surface area (Å²) in [6.07, 6.45) is 1.46. The second-order valence-corrected chi connectivity index (χ2v) is 3.78. The SMILES string of the molecule is Cc1cnn(C)c1S(N)(=O)=O. The zero-order chi connectivity index (χ0) is 8.65. The number of nitrogens with zero attached hydrogens (tertiary/aromatic N) is 2. The van der Waals surface area contributed by atoms with Crippen molar-refractivity contribution in [1.29, 1.82) is 0 Å². The van der Waals surface area contributed by atoms with E-state index in [1.54, 1.807) is 6.92 Å². The van der Waals surface area contributed by atoms with Gasteiger partial charge in [0.05, 0.1) is 6.20 Å². The lowest BCUT2D eigenvalue weighted by atomic mass is 10.4. The smallest absolute Gasteiger partial charge is 0.255 e. The van der Waals surface area contributed by atoms with Crippen LogP contribution in [0.15, 0.2) is 11.2 Å². The predicted octanol–water partition coefficient (Wildman–Crippen LogP) is -0.624. The molecule has 62 valence electrons. The highest BCUT2D eigenvalue weighted by Crippen LogP contribution is 2.09. The summed E-state index contributed by atoms with van der Waals surface area (Å²) in [5.74, 6) is 0. The maximum Gasteiger partial charge on any atom is 0.255 e. The number of sulfonamides is 1. The maximum atomic E-state index is 10.9. The normalized spacial score (nSPS) is 11.9. The minimum absolute atomic E-state index is 0.0671. The highest BCUT2D eigenvalue weighted by Gasteiger charge is 2.15. The molecule has 1 heterocycles.